The van der Waals surface area contributed by atoms with Gasteiger partial charge in [0.1, 0.15) is 5.75 Å². The van der Waals surface area contributed by atoms with Gasteiger partial charge in [-0.3, -0.25) is 4.79 Å². The van der Waals surface area contributed by atoms with E-state index >= 15 is 0 Å². The van der Waals surface area contributed by atoms with E-state index in [0.717, 1.165) is 36.3 Å². The van der Waals surface area contributed by atoms with E-state index < -0.39 is 12.1 Å². The Bertz CT molecular complexity index is 934. The third kappa shape index (κ3) is 5.81. The fraction of sp³-hybridized carbons (Fsp3) is 0.542. The molecule has 1 aromatic heterocycles. The molecule has 1 amide bonds. The number of hydrogen-bond donors (Lipinski definition) is 2. The van der Waals surface area contributed by atoms with Gasteiger partial charge in [0, 0.05) is 11.1 Å². The maximum Gasteiger partial charge on any atom is 0.407 e. The Kier molecular flexibility index (Phi) is 6.97. The summed E-state index contributed by atoms with van der Waals surface area (Å²) >= 11 is 0. The van der Waals surface area contributed by atoms with Crippen LogP contribution in [0.5, 0.6) is 5.75 Å². The van der Waals surface area contributed by atoms with E-state index in [1.807, 2.05) is 31.2 Å². The number of nitrogens with one attached hydrogen (secondary N) is 1. The van der Waals surface area contributed by atoms with Gasteiger partial charge in [-0.2, -0.15) is 0 Å². The third-order valence-corrected chi connectivity index (χ3v) is 6.24. The number of aliphatic carboxylic acids is 1. The normalized spacial score (nSPS) is 20.5. The summed E-state index contributed by atoms with van der Waals surface area (Å²) in [7, 11) is 0. The van der Waals surface area contributed by atoms with E-state index in [0.29, 0.717) is 36.7 Å². The number of benzene rings is 1. The minimum absolute atomic E-state index is 0.0890. The summed E-state index contributed by atoms with van der Waals surface area (Å²) in [5.74, 6) is 0.928. The lowest BCUT2D eigenvalue weighted by Gasteiger charge is -2.27. The molecule has 0 unspecified atom stereocenters. The number of hydrogen-bond acceptors (Lipinski definition) is 6. The lowest BCUT2D eigenvalue weighted by atomic mass is 9.87. The Morgan fingerprint density at radius 2 is 1.97 bits per heavy atom. The molecule has 2 saturated carbocycles. The van der Waals surface area contributed by atoms with Crippen molar-refractivity contribution in [2.45, 2.75) is 64.5 Å². The van der Waals surface area contributed by atoms with Gasteiger partial charge in [0.05, 0.1) is 30.9 Å². The first-order valence-electron chi connectivity index (χ1n) is 11.3. The lowest BCUT2D eigenvalue weighted by Crippen LogP contribution is -2.29. The fourth-order valence-corrected chi connectivity index (χ4v) is 4.11. The number of carboxylic acid groups (broad SMARTS) is 1. The Morgan fingerprint density at radius 1 is 1.19 bits per heavy atom. The molecule has 8 nitrogen and oxygen atoms in total. The van der Waals surface area contributed by atoms with Crippen molar-refractivity contribution in [3.8, 4) is 17.1 Å². The molecule has 0 radical (unpaired) electrons. The summed E-state index contributed by atoms with van der Waals surface area (Å²) in [6, 6.07) is 7.45. The number of carbonyl (C=O) groups is 2. The van der Waals surface area contributed by atoms with Gasteiger partial charge in [-0.05, 0) is 69.2 Å². The van der Waals surface area contributed by atoms with Crippen LogP contribution in [0.2, 0.25) is 0 Å². The van der Waals surface area contributed by atoms with Gasteiger partial charge in [-0.25, -0.2) is 4.79 Å². The van der Waals surface area contributed by atoms with E-state index in [2.05, 4.69) is 10.5 Å². The molecule has 4 rings (SSSR count). The molecule has 2 aliphatic carbocycles. The average molecular weight is 443 g/mol. The van der Waals surface area contributed by atoms with Gasteiger partial charge in [-0.15, -0.1) is 0 Å². The van der Waals surface area contributed by atoms with Crippen LogP contribution in [0.3, 0.4) is 0 Å². The molecular formula is C24H30N2O6. The predicted molar refractivity (Wildman–Crippen MR) is 116 cm³/mol. The molecule has 2 aliphatic rings. The largest absolute Gasteiger partial charge is 0.490 e. The molecule has 172 valence electrons. The highest BCUT2D eigenvalue weighted by molar-refractivity contribution is 5.70. The van der Waals surface area contributed by atoms with Gasteiger partial charge in [0.15, 0.2) is 5.76 Å². The Labute approximate surface area is 187 Å². The van der Waals surface area contributed by atoms with Gasteiger partial charge >= 0.3 is 12.1 Å². The minimum atomic E-state index is -0.748. The van der Waals surface area contributed by atoms with E-state index in [-0.39, 0.29) is 18.6 Å². The highest BCUT2D eigenvalue weighted by Crippen LogP contribution is 2.32. The molecule has 0 spiro atoms. The second kappa shape index (κ2) is 10.1. The van der Waals surface area contributed by atoms with E-state index in [9.17, 15) is 14.7 Å². The number of nitrogens with zero attached hydrogens (tertiary/aromatic N) is 1. The number of rotatable bonds is 9. The topological polar surface area (TPSA) is 111 Å². The predicted octanol–water partition coefficient (Wildman–Crippen LogP) is 4.70. The van der Waals surface area contributed by atoms with Crippen LogP contribution in [-0.2, 0) is 16.1 Å². The smallest absolute Gasteiger partial charge is 0.407 e. The van der Waals surface area contributed by atoms with Crippen molar-refractivity contribution in [1.29, 1.82) is 0 Å². The maximum absolute atomic E-state index is 12.0. The average Bonchev–Trinajstić information content (AvgIpc) is 3.54. The maximum atomic E-state index is 12.0. The summed E-state index contributed by atoms with van der Waals surface area (Å²) < 4.78 is 16.8. The van der Waals surface area contributed by atoms with Crippen molar-refractivity contribution in [3.63, 3.8) is 0 Å². The molecule has 1 heterocycles. The summed E-state index contributed by atoms with van der Waals surface area (Å²) in [6.45, 7) is 2.55. The van der Waals surface area contributed by atoms with Crippen LogP contribution in [0.25, 0.3) is 11.3 Å². The Balaban J connectivity index is 1.33. The van der Waals surface area contributed by atoms with Crippen LogP contribution >= 0.6 is 0 Å². The molecule has 0 saturated heterocycles. The van der Waals surface area contributed by atoms with Crippen molar-refractivity contribution < 1.29 is 28.7 Å². The Hall–Kier alpha value is -3.03. The van der Waals surface area contributed by atoms with E-state index in [1.165, 1.54) is 12.8 Å². The summed E-state index contributed by atoms with van der Waals surface area (Å²) in [4.78, 5) is 23.2. The molecule has 32 heavy (non-hydrogen) atoms. The molecule has 0 aliphatic heterocycles. The highest BCUT2D eigenvalue weighted by Gasteiger charge is 2.28. The van der Waals surface area contributed by atoms with E-state index in [4.69, 9.17) is 14.0 Å². The molecule has 2 fully saturated rings. The van der Waals surface area contributed by atoms with Crippen LogP contribution < -0.4 is 10.1 Å². The highest BCUT2D eigenvalue weighted by atomic mass is 16.5. The fourth-order valence-electron chi connectivity index (χ4n) is 4.11. The second-order valence-electron chi connectivity index (χ2n) is 8.76. The third-order valence-electron chi connectivity index (χ3n) is 6.24. The molecule has 2 aromatic rings. The van der Waals surface area contributed by atoms with Crippen molar-refractivity contribution in [3.05, 3.63) is 35.5 Å². The molecule has 2 N–H and O–H groups in total. The molecular weight excluding hydrogens is 412 g/mol. The molecule has 2 atom stereocenters. The number of amides is 1. The number of aromatic nitrogens is 1. The SMILES string of the molecule is Cc1noc(-c2ccc(O[C@@H]3CCC[C@@H](C(=O)O)C3)cc2)c1CNC(=O)OCCC1CC1. The zero-order chi connectivity index (χ0) is 22.5. The van der Waals surface area contributed by atoms with Gasteiger partial charge in [0.25, 0.3) is 0 Å². The van der Waals surface area contributed by atoms with Crippen LogP contribution in [0.1, 0.15) is 56.2 Å². The molecule has 1 aromatic carbocycles. The first kappa shape index (κ1) is 22.2. The van der Waals surface area contributed by atoms with E-state index in [1.54, 1.807) is 0 Å². The van der Waals surface area contributed by atoms with Gasteiger partial charge < -0.3 is 24.4 Å². The van der Waals surface area contributed by atoms with Crippen LogP contribution in [-0.4, -0.2) is 35.0 Å². The van der Waals surface area contributed by atoms with Crippen molar-refractivity contribution in [2.24, 2.45) is 11.8 Å². The molecule has 0 bridgehead atoms. The number of carboxylic acids is 1. The number of ether oxygens (including phenoxy) is 2. The standard InChI is InChI=1S/C24H30N2O6/c1-15-21(14-25-24(29)30-12-11-16-5-6-16)22(32-26-15)17-7-9-19(10-8-17)31-20-4-2-3-18(13-20)23(27)28/h7-10,16,18,20H,2-6,11-14H2,1H3,(H,25,29)(H,27,28)/t18-,20-/m1/s1. The summed E-state index contributed by atoms with van der Waals surface area (Å²) in [6.07, 6.45) is 5.84. The first-order valence-corrected chi connectivity index (χ1v) is 11.3. The van der Waals surface area contributed by atoms with Crippen molar-refractivity contribution in [2.75, 3.05) is 6.61 Å². The monoisotopic (exact) mass is 442 g/mol. The van der Waals surface area contributed by atoms with Crippen molar-refractivity contribution in [1.82, 2.24) is 10.5 Å². The van der Waals surface area contributed by atoms with Gasteiger partial charge in [0.2, 0.25) is 0 Å². The zero-order valence-corrected chi connectivity index (χ0v) is 18.3. The number of aryl methyl sites for hydroxylation is 1. The summed E-state index contributed by atoms with van der Waals surface area (Å²) in [5, 5.41) is 16.1. The van der Waals surface area contributed by atoms with Crippen LogP contribution in [0.15, 0.2) is 28.8 Å². The Morgan fingerprint density at radius 3 is 2.69 bits per heavy atom. The quantitative estimate of drug-likeness (QED) is 0.579. The second-order valence-corrected chi connectivity index (χ2v) is 8.76. The van der Waals surface area contributed by atoms with Crippen LogP contribution in [0.4, 0.5) is 4.79 Å². The van der Waals surface area contributed by atoms with Crippen LogP contribution in [0, 0.1) is 18.8 Å². The van der Waals surface area contributed by atoms with Gasteiger partial charge in [-0.1, -0.05) is 18.0 Å². The number of carbonyl (C=O) groups excluding carboxylic acids is 1. The molecule has 8 heteroatoms. The summed E-state index contributed by atoms with van der Waals surface area (Å²) in [5.41, 5.74) is 2.33. The van der Waals surface area contributed by atoms with Crippen molar-refractivity contribution >= 4 is 12.1 Å². The zero-order valence-electron chi connectivity index (χ0n) is 18.3. The first-order chi connectivity index (χ1) is 15.5. The lowest BCUT2D eigenvalue weighted by molar-refractivity contribution is -0.143. The minimum Gasteiger partial charge on any atom is -0.490 e. The number of alkyl carbamates (subject to hydrolysis) is 1.